The third-order valence-electron chi connectivity index (χ3n) is 5.10. The van der Waals surface area contributed by atoms with Gasteiger partial charge in [0.15, 0.2) is 5.16 Å². The number of nitrogens with zero attached hydrogens (tertiary/aromatic N) is 3. The molecule has 0 radical (unpaired) electrons. The van der Waals surface area contributed by atoms with E-state index in [4.69, 9.17) is 9.72 Å². The van der Waals surface area contributed by atoms with Crippen molar-refractivity contribution in [3.8, 4) is 0 Å². The van der Waals surface area contributed by atoms with Gasteiger partial charge in [-0.05, 0) is 37.3 Å². The van der Waals surface area contributed by atoms with Gasteiger partial charge in [0, 0.05) is 24.7 Å². The lowest BCUT2D eigenvalue weighted by atomic mass is 10.1. The van der Waals surface area contributed by atoms with Crippen LogP contribution in [-0.4, -0.2) is 45.5 Å². The summed E-state index contributed by atoms with van der Waals surface area (Å²) in [5, 5.41) is 4.38. The first kappa shape index (κ1) is 21.3. The molecular formula is C21H26N4O3S2. The maximum Gasteiger partial charge on any atom is 0.272 e. The van der Waals surface area contributed by atoms with Crippen LogP contribution >= 0.6 is 23.1 Å². The molecule has 0 unspecified atom stereocenters. The minimum Gasteiger partial charge on any atom is -0.376 e. The van der Waals surface area contributed by atoms with Crippen LogP contribution in [0.4, 0.5) is 0 Å². The Morgan fingerprint density at radius 1 is 1.47 bits per heavy atom. The zero-order valence-electron chi connectivity index (χ0n) is 17.2. The highest BCUT2D eigenvalue weighted by atomic mass is 32.2. The molecule has 1 N–H and O–H groups in total. The van der Waals surface area contributed by atoms with Crippen molar-refractivity contribution in [3.63, 3.8) is 0 Å². The topological polar surface area (TPSA) is 86.1 Å². The molecule has 1 fully saturated rings. The Labute approximate surface area is 183 Å². The summed E-state index contributed by atoms with van der Waals surface area (Å²) in [5.41, 5.74) is 0.584. The molecule has 160 valence electrons. The fraction of sp³-hybridized carbons (Fsp3) is 0.524. The van der Waals surface area contributed by atoms with Crippen LogP contribution in [0.15, 0.2) is 28.3 Å². The Morgan fingerprint density at radius 3 is 3.10 bits per heavy atom. The van der Waals surface area contributed by atoms with Gasteiger partial charge in [0.05, 0.1) is 23.9 Å². The monoisotopic (exact) mass is 446 g/mol. The number of nitrogens with one attached hydrogen (secondary N) is 1. The lowest BCUT2D eigenvalue weighted by Gasteiger charge is -2.15. The van der Waals surface area contributed by atoms with Crippen molar-refractivity contribution in [2.24, 2.45) is 5.92 Å². The first-order chi connectivity index (χ1) is 14.5. The van der Waals surface area contributed by atoms with Gasteiger partial charge in [0.1, 0.15) is 9.53 Å². The number of thiophene rings is 1. The number of rotatable bonds is 8. The van der Waals surface area contributed by atoms with Crippen LogP contribution in [0, 0.1) is 5.92 Å². The normalized spacial score (nSPS) is 16.7. The van der Waals surface area contributed by atoms with Gasteiger partial charge in [-0.3, -0.25) is 14.2 Å². The number of ether oxygens (including phenoxy) is 1. The molecule has 1 atom stereocenters. The quantitative estimate of drug-likeness (QED) is 0.421. The first-order valence-corrected chi connectivity index (χ1v) is 12.1. The highest BCUT2D eigenvalue weighted by molar-refractivity contribution is 7.99. The summed E-state index contributed by atoms with van der Waals surface area (Å²) in [6, 6.07) is 3.79. The Hall–Kier alpha value is -1.97. The minimum absolute atomic E-state index is 0.00803. The van der Waals surface area contributed by atoms with E-state index in [9.17, 15) is 9.59 Å². The maximum atomic E-state index is 13.3. The van der Waals surface area contributed by atoms with E-state index in [0.717, 1.165) is 36.1 Å². The predicted molar refractivity (Wildman–Crippen MR) is 121 cm³/mol. The number of thioether (sulfide) groups is 1. The lowest BCUT2D eigenvalue weighted by molar-refractivity contribution is -0.118. The number of hydrogen-bond donors (Lipinski definition) is 1. The fourth-order valence-electron chi connectivity index (χ4n) is 3.49. The van der Waals surface area contributed by atoms with Gasteiger partial charge < -0.3 is 10.1 Å². The predicted octanol–water partition coefficient (Wildman–Crippen LogP) is 3.44. The smallest absolute Gasteiger partial charge is 0.272 e. The van der Waals surface area contributed by atoms with Gasteiger partial charge in [-0.25, -0.2) is 9.97 Å². The number of pyridine rings is 1. The van der Waals surface area contributed by atoms with Gasteiger partial charge in [0.25, 0.3) is 5.56 Å². The molecule has 3 aromatic heterocycles. The SMILES string of the molecule is CC(C)CCNC(=O)CSc1nc2c(sc3ncccc32)c(=O)n1C[C@@H]1CCCO1. The van der Waals surface area contributed by atoms with Crippen molar-refractivity contribution in [2.75, 3.05) is 18.9 Å². The molecule has 7 nitrogen and oxygen atoms in total. The molecule has 1 saturated heterocycles. The zero-order valence-corrected chi connectivity index (χ0v) is 18.9. The molecule has 1 amide bonds. The van der Waals surface area contributed by atoms with Crippen LogP contribution in [0.25, 0.3) is 20.4 Å². The van der Waals surface area contributed by atoms with Crippen LogP contribution < -0.4 is 10.9 Å². The summed E-state index contributed by atoms with van der Waals surface area (Å²) in [6.45, 7) is 6.10. The third kappa shape index (κ3) is 4.68. The van der Waals surface area contributed by atoms with E-state index in [1.54, 1.807) is 10.8 Å². The van der Waals surface area contributed by atoms with Gasteiger partial charge >= 0.3 is 0 Å². The molecule has 0 bridgehead atoms. The van der Waals surface area contributed by atoms with Crippen LogP contribution in [-0.2, 0) is 16.1 Å². The first-order valence-electron chi connectivity index (χ1n) is 10.3. The maximum absolute atomic E-state index is 13.3. The molecule has 9 heteroatoms. The number of amides is 1. The number of carbonyl (C=O) groups is 1. The van der Waals surface area contributed by atoms with E-state index in [1.807, 2.05) is 12.1 Å². The van der Waals surface area contributed by atoms with E-state index < -0.39 is 0 Å². The van der Waals surface area contributed by atoms with E-state index in [1.165, 1.54) is 23.1 Å². The molecule has 1 aliphatic heterocycles. The van der Waals surface area contributed by atoms with Crippen LogP contribution in [0.5, 0.6) is 0 Å². The highest BCUT2D eigenvalue weighted by Crippen LogP contribution is 2.30. The van der Waals surface area contributed by atoms with Crippen molar-refractivity contribution >= 4 is 49.4 Å². The van der Waals surface area contributed by atoms with Crippen molar-refractivity contribution in [1.29, 1.82) is 0 Å². The van der Waals surface area contributed by atoms with Crippen molar-refractivity contribution in [1.82, 2.24) is 19.9 Å². The largest absolute Gasteiger partial charge is 0.376 e. The Balaban J connectivity index is 1.63. The van der Waals surface area contributed by atoms with Crippen LogP contribution in [0.1, 0.15) is 33.1 Å². The number of carbonyl (C=O) groups excluding carboxylic acids is 1. The van der Waals surface area contributed by atoms with Gasteiger partial charge in [-0.2, -0.15) is 0 Å². The fourth-order valence-corrected chi connectivity index (χ4v) is 5.35. The van der Waals surface area contributed by atoms with E-state index >= 15 is 0 Å². The standard InChI is InChI=1S/C21H26N4O3S2/c1-13(2)7-9-22-16(26)12-29-21-24-17-15-6-3-8-23-19(15)30-18(17)20(27)25(21)11-14-5-4-10-28-14/h3,6,8,13-14H,4-5,7,9-12H2,1-2H3,(H,22,26)/t14-/m0/s1. The van der Waals surface area contributed by atoms with E-state index in [2.05, 4.69) is 24.1 Å². The van der Waals surface area contributed by atoms with Gasteiger partial charge in [-0.15, -0.1) is 11.3 Å². The molecule has 4 heterocycles. The van der Waals surface area contributed by atoms with Crippen molar-refractivity contribution in [2.45, 2.75) is 50.9 Å². The molecular weight excluding hydrogens is 420 g/mol. The highest BCUT2D eigenvalue weighted by Gasteiger charge is 2.22. The molecule has 0 spiro atoms. The zero-order chi connectivity index (χ0) is 21.1. The van der Waals surface area contributed by atoms with Crippen LogP contribution in [0.3, 0.4) is 0 Å². The number of fused-ring (bicyclic) bond motifs is 3. The molecule has 0 aliphatic carbocycles. The number of aromatic nitrogens is 3. The average molecular weight is 447 g/mol. The minimum atomic E-state index is -0.0822. The molecule has 0 saturated carbocycles. The van der Waals surface area contributed by atoms with Crippen LogP contribution in [0.2, 0.25) is 0 Å². The van der Waals surface area contributed by atoms with E-state index in [0.29, 0.717) is 34.4 Å². The Kier molecular flexibility index (Phi) is 6.70. The molecule has 30 heavy (non-hydrogen) atoms. The van der Waals surface area contributed by atoms with Gasteiger partial charge in [-0.1, -0.05) is 25.6 Å². The molecule has 4 rings (SSSR count). The van der Waals surface area contributed by atoms with Crippen molar-refractivity contribution < 1.29 is 9.53 Å². The second-order valence-corrected chi connectivity index (χ2v) is 9.84. The summed E-state index contributed by atoms with van der Waals surface area (Å²) in [5.74, 6) is 0.719. The average Bonchev–Trinajstić information content (AvgIpc) is 3.36. The number of hydrogen-bond acceptors (Lipinski definition) is 7. The molecule has 3 aromatic rings. The summed E-state index contributed by atoms with van der Waals surface area (Å²) >= 11 is 2.68. The second kappa shape index (κ2) is 9.45. The second-order valence-electron chi connectivity index (χ2n) is 7.90. The lowest BCUT2D eigenvalue weighted by Crippen LogP contribution is -2.30. The third-order valence-corrected chi connectivity index (χ3v) is 7.17. The summed E-state index contributed by atoms with van der Waals surface area (Å²) in [7, 11) is 0. The van der Waals surface area contributed by atoms with Crippen molar-refractivity contribution in [3.05, 3.63) is 28.7 Å². The Bertz CT molecular complexity index is 1100. The summed E-state index contributed by atoms with van der Waals surface area (Å²) in [6.07, 6.45) is 4.60. The molecule has 0 aromatic carbocycles. The summed E-state index contributed by atoms with van der Waals surface area (Å²) < 4.78 is 8.04. The summed E-state index contributed by atoms with van der Waals surface area (Å²) in [4.78, 5) is 35.6. The van der Waals surface area contributed by atoms with E-state index in [-0.39, 0.29) is 23.3 Å². The molecule has 1 aliphatic rings. The van der Waals surface area contributed by atoms with Gasteiger partial charge in [0.2, 0.25) is 5.91 Å². The Morgan fingerprint density at radius 2 is 2.33 bits per heavy atom.